The number of carboxylic acids is 1. The molecule has 6 heteroatoms. The Balaban J connectivity index is 1.86. The van der Waals surface area contributed by atoms with Crippen molar-refractivity contribution in [2.24, 2.45) is 5.41 Å². The minimum absolute atomic E-state index is 0.0171. The smallest absolute Gasteiger partial charge is 0.317 e. The van der Waals surface area contributed by atoms with Crippen LogP contribution in [0.4, 0.5) is 4.79 Å². The van der Waals surface area contributed by atoms with E-state index in [9.17, 15) is 14.7 Å². The summed E-state index contributed by atoms with van der Waals surface area (Å²) in [5, 5.41) is 12.1. The summed E-state index contributed by atoms with van der Waals surface area (Å²) >= 11 is 0. The first kappa shape index (κ1) is 15.3. The van der Waals surface area contributed by atoms with Crippen molar-refractivity contribution in [3.8, 4) is 0 Å². The van der Waals surface area contributed by atoms with Gasteiger partial charge < -0.3 is 15.3 Å². The Kier molecular flexibility index (Phi) is 4.45. The summed E-state index contributed by atoms with van der Waals surface area (Å²) in [6, 6.07) is 3.62. The minimum Gasteiger partial charge on any atom is -0.481 e. The molecule has 1 saturated heterocycles. The van der Waals surface area contributed by atoms with Gasteiger partial charge in [-0.05, 0) is 44.4 Å². The van der Waals surface area contributed by atoms with Gasteiger partial charge in [-0.15, -0.1) is 0 Å². The van der Waals surface area contributed by atoms with Crippen molar-refractivity contribution in [3.63, 3.8) is 0 Å². The van der Waals surface area contributed by atoms with Crippen LogP contribution in [0.25, 0.3) is 0 Å². The molecule has 114 valence electrons. The molecule has 1 fully saturated rings. The van der Waals surface area contributed by atoms with Gasteiger partial charge in [0, 0.05) is 31.5 Å². The standard InChI is InChI=1S/C15H21N3O3/c1-11(9-12-3-6-16-7-4-12)17-14(21)18-8-5-15(2,10-18)13(19)20/h3-4,6-7,11H,5,8-10H2,1-2H3,(H,17,21)(H,19,20). The summed E-state index contributed by atoms with van der Waals surface area (Å²) in [4.78, 5) is 28.9. The van der Waals surface area contributed by atoms with Crippen molar-refractivity contribution in [1.82, 2.24) is 15.2 Å². The first-order valence-electron chi connectivity index (χ1n) is 7.08. The molecule has 21 heavy (non-hydrogen) atoms. The third-order valence-electron chi connectivity index (χ3n) is 3.94. The predicted octanol–water partition coefficient (Wildman–Crippen LogP) is 1.52. The van der Waals surface area contributed by atoms with E-state index in [1.54, 1.807) is 24.2 Å². The molecule has 0 aromatic carbocycles. The van der Waals surface area contributed by atoms with Crippen molar-refractivity contribution in [1.29, 1.82) is 0 Å². The molecule has 1 aliphatic heterocycles. The lowest BCUT2D eigenvalue weighted by Crippen LogP contribution is -2.44. The number of rotatable bonds is 4. The van der Waals surface area contributed by atoms with Gasteiger partial charge in [-0.2, -0.15) is 0 Å². The summed E-state index contributed by atoms with van der Waals surface area (Å²) in [6.07, 6.45) is 4.66. The number of urea groups is 1. The molecule has 0 radical (unpaired) electrons. The average Bonchev–Trinajstić information content (AvgIpc) is 2.84. The molecule has 0 spiro atoms. The lowest BCUT2D eigenvalue weighted by atomic mass is 9.90. The molecule has 0 aliphatic carbocycles. The number of carbonyl (C=O) groups is 2. The van der Waals surface area contributed by atoms with Gasteiger partial charge in [-0.1, -0.05) is 0 Å². The second-order valence-corrected chi connectivity index (χ2v) is 5.95. The lowest BCUT2D eigenvalue weighted by molar-refractivity contribution is -0.146. The Morgan fingerprint density at radius 2 is 2.14 bits per heavy atom. The zero-order chi connectivity index (χ0) is 15.5. The number of likely N-dealkylation sites (tertiary alicyclic amines) is 1. The lowest BCUT2D eigenvalue weighted by Gasteiger charge is -2.23. The Morgan fingerprint density at radius 1 is 1.48 bits per heavy atom. The van der Waals surface area contributed by atoms with Gasteiger partial charge in [0.05, 0.1) is 5.41 Å². The van der Waals surface area contributed by atoms with E-state index in [1.807, 2.05) is 19.1 Å². The van der Waals surface area contributed by atoms with E-state index in [2.05, 4.69) is 10.3 Å². The third kappa shape index (κ3) is 3.71. The van der Waals surface area contributed by atoms with Crippen LogP contribution in [0.2, 0.25) is 0 Å². The van der Waals surface area contributed by atoms with Crippen molar-refractivity contribution < 1.29 is 14.7 Å². The molecule has 2 heterocycles. The highest BCUT2D eigenvalue weighted by atomic mass is 16.4. The van der Waals surface area contributed by atoms with Crippen LogP contribution in [-0.4, -0.2) is 46.1 Å². The number of carboxylic acid groups (broad SMARTS) is 1. The van der Waals surface area contributed by atoms with Crippen molar-refractivity contribution >= 4 is 12.0 Å². The monoisotopic (exact) mass is 291 g/mol. The van der Waals surface area contributed by atoms with E-state index in [0.717, 1.165) is 12.0 Å². The van der Waals surface area contributed by atoms with Crippen LogP contribution in [-0.2, 0) is 11.2 Å². The van der Waals surface area contributed by atoms with Crippen LogP contribution in [0.5, 0.6) is 0 Å². The number of amides is 2. The zero-order valence-electron chi connectivity index (χ0n) is 12.4. The summed E-state index contributed by atoms with van der Waals surface area (Å²) in [5.41, 5.74) is 0.278. The van der Waals surface area contributed by atoms with E-state index in [4.69, 9.17) is 0 Å². The molecule has 0 bridgehead atoms. The predicted molar refractivity (Wildman–Crippen MR) is 77.9 cm³/mol. The maximum Gasteiger partial charge on any atom is 0.317 e. The van der Waals surface area contributed by atoms with Gasteiger partial charge in [0.1, 0.15) is 0 Å². The summed E-state index contributed by atoms with van der Waals surface area (Å²) < 4.78 is 0. The highest BCUT2D eigenvalue weighted by Crippen LogP contribution is 2.30. The fraction of sp³-hybridized carbons (Fsp3) is 0.533. The number of aliphatic carboxylic acids is 1. The Morgan fingerprint density at radius 3 is 2.71 bits per heavy atom. The molecule has 2 unspecified atom stereocenters. The van der Waals surface area contributed by atoms with E-state index >= 15 is 0 Å². The number of aromatic nitrogens is 1. The third-order valence-corrected chi connectivity index (χ3v) is 3.94. The first-order valence-corrected chi connectivity index (χ1v) is 7.08. The molecule has 6 nitrogen and oxygen atoms in total. The van der Waals surface area contributed by atoms with E-state index in [0.29, 0.717) is 13.0 Å². The topological polar surface area (TPSA) is 82.5 Å². The quantitative estimate of drug-likeness (QED) is 0.881. The van der Waals surface area contributed by atoms with Gasteiger partial charge in [-0.3, -0.25) is 9.78 Å². The van der Waals surface area contributed by atoms with Gasteiger partial charge in [0.15, 0.2) is 0 Å². The molecule has 2 N–H and O–H groups in total. The van der Waals surface area contributed by atoms with Crippen LogP contribution in [0, 0.1) is 5.41 Å². The second-order valence-electron chi connectivity index (χ2n) is 5.95. The minimum atomic E-state index is -0.845. The molecule has 1 aromatic heterocycles. The zero-order valence-corrected chi connectivity index (χ0v) is 12.4. The van der Waals surface area contributed by atoms with Crippen LogP contribution >= 0.6 is 0 Å². The van der Waals surface area contributed by atoms with Crippen LogP contribution in [0.15, 0.2) is 24.5 Å². The molecule has 2 amide bonds. The summed E-state index contributed by atoms with van der Waals surface area (Å²) in [5.74, 6) is -0.845. The molecule has 1 aliphatic rings. The van der Waals surface area contributed by atoms with Gasteiger partial charge in [-0.25, -0.2) is 4.79 Å². The fourth-order valence-electron chi connectivity index (χ4n) is 2.53. The number of nitrogens with zero attached hydrogens (tertiary/aromatic N) is 2. The number of hydrogen-bond donors (Lipinski definition) is 2. The van der Waals surface area contributed by atoms with Crippen molar-refractivity contribution in [2.45, 2.75) is 32.7 Å². The Labute approximate surface area is 124 Å². The van der Waals surface area contributed by atoms with Crippen molar-refractivity contribution in [3.05, 3.63) is 30.1 Å². The SMILES string of the molecule is CC(Cc1ccncc1)NC(=O)N1CCC(C)(C(=O)O)C1. The highest BCUT2D eigenvalue weighted by Gasteiger charge is 2.42. The number of hydrogen-bond acceptors (Lipinski definition) is 3. The van der Waals surface area contributed by atoms with Gasteiger partial charge >= 0.3 is 12.0 Å². The number of nitrogens with one attached hydrogen (secondary N) is 1. The normalized spacial score (nSPS) is 22.9. The first-order chi connectivity index (χ1) is 9.90. The maximum absolute atomic E-state index is 12.2. The van der Waals surface area contributed by atoms with Crippen molar-refractivity contribution in [2.75, 3.05) is 13.1 Å². The summed E-state index contributed by atoms with van der Waals surface area (Å²) in [7, 11) is 0. The van der Waals surface area contributed by atoms with Gasteiger partial charge in [0.25, 0.3) is 0 Å². The number of pyridine rings is 1. The maximum atomic E-state index is 12.2. The van der Waals surface area contributed by atoms with Crippen LogP contribution < -0.4 is 5.32 Å². The van der Waals surface area contributed by atoms with E-state index < -0.39 is 11.4 Å². The number of carbonyl (C=O) groups excluding carboxylic acids is 1. The fourth-order valence-corrected chi connectivity index (χ4v) is 2.53. The van der Waals surface area contributed by atoms with Crippen LogP contribution in [0.1, 0.15) is 25.8 Å². The molecule has 0 saturated carbocycles. The summed E-state index contributed by atoms with van der Waals surface area (Å²) in [6.45, 7) is 4.36. The van der Waals surface area contributed by atoms with Crippen LogP contribution in [0.3, 0.4) is 0 Å². The molecular formula is C15H21N3O3. The Hall–Kier alpha value is -2.11. The largest absolute Gasteiger partial charge is 0.481 e. The van der Waals surface area contributed by atoms with Gasteiger partial charge in [0.2, 0.25) is 0 Å². The Bertz CT molecular complexity index is 520. The molecule has 2 atom stereocenters. The molecular weight excluding hydrogens is 270 g/mol. The highest BCUT2D eigenvalue weighted by molar-refractivity contribution is 5.79. The molecule has 2 rings (SSSR count). The molecule has 1 aromatic rings. The average molecular weight is 291 g/mol. The van der Waals surface area contributed by atoms with E-state index in [-0.39, 0.29) is 18.6 Å². The second kappa shape index (κ2) is 6.11. The van der Waals surface area contributed by atoms with E-state index in [1.165, 1.54) is 0 Å².